The van der Waals surface area contributed by atoms with Gasteiger partial charge in [0.15, 0.2) is 0 Å². The smallest absolute Gasteiger partial charge is 0.326 e. The molecule has 4 atom stereocenters. The molecule has 0 radical (unpaired) electrons. The van der Waals surface area contributed by atoms with Crippen LogP contribution in [0.25, 0.3) is 0 Å². The van der Waals surface area contributed by atoms with Crippen LogP contribution in [0.3, 0.4) is 0 Å². The van der Waals surface area contributed by atoms with E-state index in [1.54, 1.807) is 13.8 Å². The number of sulfonamides is 1. The fraction of sp³-hybridized carbons (Fsp3) is 0.611. The van der Waals surface area contributed by atoms with Crippen molar-refractivity contribution in [3.05, 3.63) is 24.3 Å². The van der Waals surface area contributed by atoms with Crippen molar-refractivity contribution in [3.8, 4) is 5.75 Å². The molecule has 0 unspecified atom stereocenters. The highest BCUT2D eigenvalue weighted by Gasteiger charge is 2.48. The molecule has 1 saturated heterocycles. The van der Waals surface area contributed by atoms with Crippen LogP contribution >= 0.6 is 0 Å². The zero-order valence-corrected chi connectivity index (χ0v) is 17.5. The fourth-order valence-corrected chi connectivity index (χ4v) is 4.11. The van der Waals surface area contributed by atoms with Crippen LogP contribution in [0.2, 0.25) is 0 Å². The summed E-state index contributed by atoms with van der Waals surface area (Å²) < 4.78 is 49.2. The number of aliphatic hydroxyl groups is 2. The lowest BCUT2D eigenvalue weighted by Crippen LogP contribution is -2.63. The summed E-state index contributed by atoms with van der Waals surface area (Å²) in [5.41, 5.74) is -0.867. The molecule has 10 nitrogen and oxygen atoms in total. The van der Waals surface area contributed by atoms with Gasteiger partial charge in [-0.15, -0.1) is 0 Å². The quantitative estimate of drug-likeness (QED) is 0.460. The highest BCUT2D eigenvalue weighted by atomic mass is 32.2. The van der Waals surface area contributed by atoms with E-state index in [1.165, 1.54) is 31.4 Å². The van der Waals surface area contributed by atoms with Crippen LogP contribution in [-0.4, -0.2) is 82.0 Å². The van der Waals surface area contributed by atoms with Gasteiger partial charge in [0, 0.05) is 0 Å². The second kappa shape index (κ2) is 9.37. The number of hydrogen-bond acceptors (Lipinski definition) is 9. The summed E-state index contributed by atoms with van der Waals surface area (Å²) >= 11 is 0. The minimum atomic E-state index is -4.17. The number of carbonyl (C=O) groups excluding carboxylic acids is 1. The molecule has 11 heteroatoms. The van der Waals surface area contributed by atoms with Crippen molar-refractivity contribution in [1.29, 1.82) is 0 Å². The number of esters is 1. The minimum Gasteiger partial charge on any atom is -0.497 e. The maximum atomic E-state index is 12.8. The topological polar surface area (TPSA) is 141 Å². The van der Waals surface area contributed by atoms with Crippen LogP contribution in [0.15, 0.2) is 29.2 Å². The van der Waals surface area contributed by atoms with E-state index >= 15 is 0 Å². The first-order chi connectivity index (χ1) is 13.5. The summed E-state index contributed by atoms with van der Waals surface area (Å²) in [5.74, 6) is -0.464. The van der Waals surface area contributed by atoms with Crippen LogP contribution in [0.1, 0.15) is 13.8 Å². The Morgan fingerprint density at radius 1 is 1.28 bits per heavy atom. The van der Waals surface area contributed by atoms with E-state index in [4.69, 9.17) is 18.9 Å². The maximum absolute atomic E-state index is 12.8. The number of carbonyl (C=O) groups is 1. The summed E-state index contributed by atoms with van der Waals surface area (Å²) in [4.78, 5) is 12.3. The predicted octanol–water partition coefficient (Wildman–Crippen LogP) is -0.569. The highest BCUT2D eigenvalue weighted by Crippen LogP contribution is 2.28. The van der Waals surface area contributed by atoms with Crippen molar-refractivity contribution in [2.24, 2.45) is 0 Å². The zero-order valence-electron chi connectivity index (χ0n) is 16.7. The number of ether oxygens (including phenoxy) is 4. The minimum absolute atomic E-state index is 0.0738. The van der Waals surface area contributed by atoms with Gasteiger partial charge in [0.1, 0.15) is 30.1 Å². The second-order valence-electron chi connectivity index (χ2n) is 7.17. The molecule has 3 N–H and O–H groups in total. The van der Waals surface area contributed by atoms with E-state index in [-0.39, 0.29) is 11.5 Å². The zero-order chi connectivity index (χ0) is 21.8. The summed E-state index contributed by atoms with van der Waals surface area (Å²) in [7, 11) is -1.62. The Morgan fingerprint density at radius 2 is 1.90 bits per heavy atom. The van der Waals surface area contributed by atoms with E-state index in [2.05, 4.69) is 4.72 Å². The molecule has 0 bridgehead atoms. The molecular weight excluding hydrogens is 406 g/mol. The van der Waals surface area contributed by atoms with Crippen molar-refractivity contribution >= 4 is 16.0 Å². The molecule has 0 saturated carbocycles. The average Bonchev–Trinajstić information content (AvgIpc) is 2.70. The lowest BCUT2D eigenvalue weighted by Gasteiger charge is -2.44. The first-order valence-corrected chi connectivity index (χ1v) is 10.4. The van der Waals surface area contributed by atoms with Crippen LogP contribution in [0.4, 0.5) is 0 Å². The molecule has 1 aliphatic rings. The van der Waals surface area contributed by atoms with Gasteiger partial charge in [-0.3, -0.25) is 4.79 Å². The Labute approximate surface area is 169 Å². The Balaban J connectivity index is 2.38. The van der Waals surface area contributed by atoms with Gasteiger partial charge >= 0.3 is 5.97 Å². The van der Waals surface area contributed by atoms with Gasteiger partial charge in [-0.1, -0.05) is 0 Å². The third-order valence-corrected chi connectivity index (χ3v) is 5.86. The van der Waals surface area contributed by atoms with Gasteiger partial charge in [0.25, 0.3) is 0 Å². The first kappa shape index (κ1) is 23.5. The molecule has 2 rings (SSSR count). The van der Waals surface area contributed by atoms with Gasteiger partial charge in [-0.05, 0) is 38.1 Å². The Morgan fingerprint density at radius 3 is 2.41 bits per heavy atom. The van der Waals surface area contributed by atoms with Gasteiger partial charge in [0.2, 0.25) is 10.0 Å². The lowest BCUT2D eigenvalue weighted by atomic mass is 9.97. The number of rotatable bonds is 8. The Kier molecular flexibility index (Phi) is 7.60. The van der Waals surface area contributed by atoms with Crippen molar-refractivity contribution < 1.29 is 42.4 Å². The molecule has 0 aromatic heterocycles. The average molecular weight is 433 g/mol. The summed E-state index contributed by atoms with van der Waals surface area (Å²) in [6, 6.07) is 4.03. The van der Waals surface area contributed by atoms with Crippen LogP contribution in [0, 0.1) is 0 Å². The number of methoxy groups -OCH3 is 2. The largest absolute Gasteiger partial charge is 0.497 e. The molecule has 1 fully saturated rings. The molecule has 1 heterocycles. The van der Waals surface area contributed by atoms with Crippen molar-refractivity contribution in [2.45, 2.75) is 48.7 Å². The molecule has 1 aromatic rings. The summed E-state index contributed by atoms with van der Waals surface area (Å²) in [5, 5.41) is 19.4. The molecule has 0 aliphatic carbocycles. The van der Waals surface area contributed by atoms with Gasteiger partial charge in [0.05, 0.1) is 37.9 Å². The molecule has 1 aliphatic heterocycles. The predicted molar refractivity (Wildman–Crippen MR) is 101 cm³/mol. The van der Waals surface area contributed by atoms with E-state index in [1.807, 2.05) is 0 Å². The third-order valence-electron chi connectivity index (χ3n) is 4.40. The molecule has 0 spiro atoms. The van der Waals surface area contributed by atoms with E-state index in [9.17, 15) is 23.4 Å². The van der Waals surface area contributed by atoms with Crippen molar-refractivity contribution in [1.82, 2.24) is 4.72 Å². The number of hydrogen-bond donors (Lipinski definition) is 3. The lowest BCUT2D eigenvalue weighted by molar-refractivity contribution is -0.249. The van der Waals surface area contributed by atoms with E-state index in [0.717, 1.165) is 7.11 Å². The Bertz CT molecular complexity index is 794. The molecule has 1 aromatic carbocycles. The number of aliphatic hydroxyl groups excluding tert-OH is 2. The fourth-order valence-electron chi connectivity index (χ4n) is 2.92. The maximum Gasteiger partial charge on any atom is 0.326 e. The van der Waals surface area contributed by atoms with Crippen LogP contribution in [0.5, 0.6) is 5.75 Å². The molecule has 164 valence electrons. The molecule has 0 amide bonds. The van der Waals surface area contributed by atoms with Gasteiger partial charge < -0.3 is 29.2 Å². The van der Waals surface area contributed by atoms with Crippen molar-refractivity contribution in [2.75, 3.05) is 27.4 Å². The Hall–Kier alpha value is -1.76. The van der Waals surface area contributed by atoms with Crippen molar-refractivity contribution in [3.63, 3.8) is 0 Å². The van der Waals surface area contributed by atoms with Crippen LogP contribution < -0.4 is 9.46 Å². The summed E-state index contributed by atoms with van der Waals surface area (Å²) in [6.07, 6.45) is -3.80. The SMILES string of the molecule is COC(=O)[C@H](NS(=O)(=O)c1ccc(OC)cc1)[C@@H]1OC(C)(C)CO[C@H]1[C@H](O)CO. The van der Waals surface area contributed by atoms with E-state index < -0.39 is 52.6 Å². The van der Waals surface area contributed by atoms with Gasteiger partial charge in [-0.25, -0.2) is 8.42 Å². The van der Waals surface area contributed by atoms with Gasteiger partial charge in [-0.2, -0.15) is 4.72 Å². The number of benzene rings is 1. The molecular formula is C18H27NO9S. The molecule has 29 heavy (non-hydrogen) atoms. The normalized spacial score (nSPS) is 23.8. The van der Waals surface area contributed by atoms with E-state index in [0.29, 0.717) is 5.75 Å². The summed E-state index contributed by atoms with van der Waals surface area (Å²) in [6.45, 7) is 2.79. The standard InChI is InChI=1S/C18H27NO9S/c1-18(2)10-27-15(13(21)9-20)16(28-18)14(17(22)26-4)19-29(23,24)12-7-5-11(25-3)6-8-12/h5-8,13-16,19-21H,9-10H2,1-4H3/t13-,14-,15+,16+/m1/s1. The monoisotopic (exact) mass is 433 g/mol. The number of nitrogens with one attached hydrogen (secondary N) is 1. The highest BCUT2D eigenvalue weighted by molar-refractivity contribution is 7.89. The first-order valence-electron chi connectivity index (χ1n) is 8.87. The van der Waals surface area contributed by atoms with Crippen LogP contribution in [-0.2, 0) is 29.0 Å². The second-order valence-corrected chi connectivity index (χ2v) is 8.88. The third kappa shape index (κ3) is 5.65.